The van der Waals surface area contributed by atoms with E-state index in [1.807, 2.05) is 85.1 Å². The Bertz CT molecular complexity index is 3190. The smallest absolute Gasteiger partial charge is 0.399 e. The van der Waals surface area contributed by atoms with Crippen LogP contribution in [0.25, 0.3) is 33.5 Å². The second kappa shape index (κ2) is 26.0. The minimum absolute atomic E-state index is 0.0174. The van der Waals surface area contributed by atoms with E-state index in [0.717, 1.165) is 163 Å². The van der Waals surface area contributed by atoms with Gasteiger partial charge < -0.3 is 49.0 Å². The number of aryl methyl sites for hydroxylation is 6. The van der Waals surface area contributed by atoms with Gasteiger partial charge in [-0.1, -0.05) is 50.4 Å². The molecule has 438 valence electrons. The summed E-state index contributed by atoms with van der Waals surface area (Å²) in [5, 5.41) is 15.5. The number of nitrogens with zero attached hydrogens (tertiary/aromatic N) is 10. The number of hydrogen-bond acceptors (Lipinski definition) is 12. The summed E-state index contributed by atoms with van der Waals surface area (Å²) >= 11 is 6.36. The van der Waals surface area contributed by atoms with Crippen LogP contribution in [0.4, 0.5) is 32.6 Å². The molecule has 82 heavy (non-hydrogen) atoms. The Morgan fingerprint density at radius 3 is 1.51 bits per heavy atom. The lowest BCUT2D eigenvalue weighted by atomic mass is 9.79. The molecule has 5 fully saturated rings. The number of nitrogens with one attached hydrogen (secondary N) is 2. The van der Waals surface area contributed by atoms with Gasteiger partial charge in [-0.15, -0.1) is 0 Å². The molecular formula is C62H84BClN12O6. The Morgan fingerprint density at radius 1 is 0.610 bits per heavy atom. The van der Waals surface area contributed by atoms with Gasteiger partial charge in [0, 0.05) is 101 Å². The molecule has 0 spiro atoms. The zero-order chi connectivity index (χ0) is 58.5. The third-order valence-corrected chi connectivity index (χ3v) is 17.2. The van der Waals surface area contributed by atoms with Gasteiger partial charge in [-0.3, -0.25) is 9.36 Å². The molecule has 2 N–H and O–H groups in total. The molecule has 0 bridgehead atoms. The molecule has 2 atom stereocenters. The normalized spacial score (nSPS) is 19.4. The molecule has 6 aromatic rings. The Hall–Kier alpha value is -6.51. The fourth-order valence-electron chi connectivity index (χ4n) is 11.2. The molecule has 0 radical (unpaired) electrons. The second-order valence-electron chi connectivity index (χ2n) is 23.5. The number of amides is 4. The molecular weight excluding hydrogens is 1060 g/mol. The summed E-state index contributed by atoms with van der Waals surface area (Å²) in [5.41, 5.74) is 12.3. The van der Waals surface area contributed by atoms with E-state index in [1.54, 1.807) is 4.68 Å². The molecule has 5 aliphatic heterocycles. The maximum absolute atomic E-state index is 12.9. The number of hydrogen-bond donors (Lipinski definition) is 2. The van der Waals surface area contributed by atoms with Crippen molar-refractivity contribution >= 4 is 59.3 Å². The number of carbonyl (C=O) groups is 2. The van der Waals surface area contributed by atoms with Gasteiger partial charge >= 0.3 is 19.2 Å². The van der Waals surface area contributed by atoms with Crippen molar-refractivity contribution in [3.63, 3.8) is 0 Å². The van der Waals surface area contributed by atoms with E-state index in [0.29, 0.717) is 43.4 Å². The van der Waals surface area contributed by atoms with Crippen molar-refractivity contribution in [1.29, 1.82) is 0 Å². The van der Waals surface area contributed by atoms with Crippen molar-refractivity contribution in [2.75, 3.05) is 99.2 Å². The fraction of sp³-hybridized carbons (Fsp3) is 0.516. The van der Waals surface area contributed by atoms with E-state index in [1.165, 1.54) is 0 Å². The quantitative estimate of drug-likeness (QED) is 0.0985. The number of halogens is 1. The first-order valence-corrected chi connectivity index (χ1v) is 29.6. The third-order valence-electron chi connectivity index (χ3n) is 17.0. The number of benzene rings is 2. The maximum Gasteiger partial charge on any atom is 0.498 e. The highest BCUT2D eigenvalue weighted by Gasteiger charge is 2.52. The molecule has 18 nitrogen and oxygen atoms in total. The first-order valence-electron chi connectivity index (χ1n) is 29.2. The molecule has 20 heteroatoms. The summed E-state index contributed by atoms with van der Waals surface area (Å²) in [6.07, 6.45) is 8.38. The van der Waals surface area contributed by atoms with E-state index in [4.69, 9.17) is 35.4 Å². The Labute approximate surface area is 490 Å². The molecule has 2 aromatic carbocycles. The van der Waals surface area contributed by atoms with E-state index in [-0.39, 0.29) is 30.4 Å². The average molecular weight is 1140 g/mol. The summed E-state index contributed by atoms with van der Waals surface area (Å²) in [4.78, 5) is 43.5. The van der Waals surface area contributed by atoms with E-state index >= 15 is 0 Å². The fourth-order valence-corrected chi connectivity index (χ4v) is 11.4. The molecule has 5 aliphatic rings. The molecule has 0 aliphatic carbocycles. The van der Waals surface area contributed by atoms with Gasteiger partial charge in [0.15, 0.2) is 0 Å². The summed E-state index contributed by atoms with van der Waals surface area (Å²) in [6, 6.07) is 20.3. The first kappa shape index (κ1) is 60.1. The van der Waals surface area contributed by atoms with Crippen molar-refractivity contribution in [2.45, 2.75) is 106 Å². The third kappa shape index (κ3) is 14.3. The van der Waals surface area contributed by atoms with Gasteiger partial charge in [-0.05, 0) is 162 Å². The van der Waals surface area contributed by atoms with Crippen LogP contribution in [0, 0.1) is 39.5 Å². The second-order valence-corrected chi connectivity index (χ2v) is 23.9. The SMILES string of the molecule is CC[C@@H]1CCN(C(=O)Nc2ccc(C)c(-c3cc(-c4cn(C)nc4C)nc(N4CCOCC4)c3)c2)C1.CC[C@@H]1CCN(C(=O)Nc2ccc(C)c(-c3cc(Cl)nc(N4CCOCC4)c3)c2)C1.Cc1nn(C)cc1B1OC(C)(C)C(C)(C)O1. The van der Waals surface area contributed by atoms with Gasteiger partial charge in [-0.25, -0.2) is 19.6 Å². The first-order chi connectivity index (χ1) is 39.2. The van der Waals surface area contributed by atoms with E-state index in [9.17, 15) is 9.59 Å². The summed E-state index contributed by atoms with van der Waals surface area (Å²) in [7, 11) is 3.53. The van der Waals surface area contributed by atoms with Gasteiger partial charge in [0.1, 0.15) is 16.8 Å². The minimum Gasteiger partial charge on any atom is -0.399 e. The molecule has 0 unspecified atom stereocenters. The van der Waals surface area contributed by atoms with Gasteiger partial charge in [0.25, 0.3) is 0 Å². The van der Waals surface area contributed by atoms with Crippen LogP contribution in [0.5, 0.6) is 0 Å². The van der Waals surface area contributed by atoms with Crippen LogP contribution in [0.3, 0.4) is 0 Å². The lowest BCUT2D eigenvalue weighted by Crippen LogP contribution is -2.41. The zero-order valence-corrected chi connectivity index (χ0v) is 51.0. The predicted octanol–water partition coefficient (Wildman–Crippen LogP) is 10.7. The largest absolute Gasteiger partial charge is 0.498 e. The molecule has 5 saturated heterocycles. The molecule has 0 saturated carbocycles. The number of ether oxygens (including phenoxy) is 2. The summed E-state index contributed by atoms with van der Waals surface area (Å²) in [5.74, 6) is 3.01. The zero-order valence-electron chi connectivity index (χ0n) is 50.3. The van der Waals surface area contributed by atoms with Crippen LogP contribution in [0.1, 0.15) is 89.7 Å². The van der Waals surface area contributed by atoms with Crippen LogP contribution in [0.15, 0.2) is 73.1 Å². The van der Waals surface area contributed by atoms with Crippen molar-refractivity contribution in [3.05, 3.63) is 101 Å². The molecule has 4 amide bonds. The van der Waals surface area contributed by atoms with Crippen LogP contribution >= 0.6 is 11.6 Å². The lowest BCUT2D eigenvalue weighted by molar-refractivity contribution is 0.00578. The summed E-state index contributed by atoms with van der Waals surface area (Å²) in [6.45, 7) is 30.1. The van der Waals surface area contributed by atoms with Crippen molar-refractivity contribution < 1.29 is 28.4 Å². The number of carbonyl (C=O) groups excluding carboxylic acids is 2. The van der Waals surface area contributed by atoms with Crippen molar-refractivity contribution in [2.24, 2.45) is 25.9 Å². The van der Waals surface area contributed by atoms with E-state index < -0.39 is 0 Å². The Morgan fingerprint density at radius 2 is 1.07 bits per heavy atom. The highest BCUT2D eigenvalue weighted by atomic mass is 35.5. The van der Waals surface area contributed by atoms with Crippen molar-refractivity contribution in [3.8, 4) is 33.5 Å². The van der Waals surface area contributed by atoms with Gasteiger partial charge in [0.05, 0.1) is 54.7 Å². The van der Waals surface area contributed by atoms with Crippen LogP contribution < -0.4 is 25.9 Å². The monoisotopic (exact) mass is 1140 g/mol. The maximum atomic E-state index is 12.9. The standard InChI is InChI=1S/C28H36N6O2.C23H29ClN4O2.C11H19BN2O2/c1-5-21-8-9-34(17-21)28(35)29-23-7-6-19(2)24(16-23)22-14-26(25-18-32(4)31-20(25)3)30-27(15-22)33-10-12-36-13-11-33;1-3-17-6-7-28(15-17)23(29)25-19-5-4-16(2)20(14-19)18-12-21(24)26-22(13-18)27-8-10-30-11-9-27;1-8-9(7-14(6)13-8)12-15-10(2,3)11(4,5)16-12/h6-7,14-16,18,21H,5,8-13,17H2,1-4H3,(H,29,35);4-5,12-14,17H,3,6-11,15H2,1-2H3,(H,25,29);7H,1-6H3/t21-;17-;/m11./s1. The van der Waals surface area contributed by atoms with Gasteiger partial charge in [-0.2, -0.15) is 10.2 Å². The number of rotatable bonds is 10. The minimum atomic E-state index is -0.307. The van der Waals surface area contributed by atoms with Crippen molar-refractivity contribution in [1.82, 2.24) is 39.3 Å². The summed E-state index contributed by atoms with van der Waals surface area (Å²) < 4.78 is 26.6. The van der Waals surface area contributed by atoms with Crippen LogP contribution in [-0.2, 0) is 32.9 Å². The number of anilines is 4. The number of likely N-dealkylation sites (tertiary alicyclic amines) is 2. The van der Waals surface area contributed by atoms with Crippen LogP contribution in [0.2, 0.25) is 5.15 Å². The number of aromatic nitrogens is 6. The molecule has 11 rings (SSSR count). The average Bonchev–Trinajstić information content (AvgIpc) is 3.68. The van der Waals surface area contributed by atoms with Crippen LogP contribution in [-0.4, -0.2) is 148 Å². The topological polar surface area (TPSA) is 170 Å². The number of morpholine rings is 2. The highest BCUT2D eigenvalue weighted by molar-refractivity contribution is 6.62. The highest BCUT2D eigenvalue weighted by Crippen LogP contribution is 2.38. The molecule has 4 aromatic heterocycles. The predicted molar refractivity (Wildman–Crippen MR) is 328 cm³/mol. The van der Waals surface area contributed by atoms with Gasteiger partial charge in [0.2, 0.25) is 0 Å². The number of urea groups is 2. The Kier molecular flexibility index (Phi) is 19.0. The Balaban J connectivity index is 0.000000159. The number of pyridine rings is 2. The van der Waals surface area contributed by atoms with E-state index in [2.05, 4.69) is 121 Å². The lowest BCUT2D eigenvalue weighted by Gasteiger charge is -2.32. The molecule has 9 heterocycles.